The minimum Gasteiger partial charge on any atom is -0.479 e. The predicted octanol–water partition coefficient (Wildman–Crippen LogP) is 1.47. The number of hydrogen-bond acceptors (Lipinski definition) is 3. The molecule has 2 aromatic rings. The van der Waals surface area contributed by atoms with E-state index < -0.39 is 24.0 Å². The van der Waals surface area contributed by atoms with E-state index in [0.29, 0.717) is 5.56 Å². The van der Waals surface area contributed by atoms with Gasteiger partial charge >= 0.3 is 5.97 Å². The van der Waals surface area contributed by atoms with Crippen molar-refractivity contribution in [1.82, 2.24) is 5.32 Å². The highest BCUT2D eigenvalue weighted by molar-refractivity contribution is 5.94. The normalized spacial score (nSPS) is 13.1. The van der Waals surface area contributed by atoms with Crippen LogP contribution >= 0.6 is 0 Å². The van der Waals surface area contributed by atoms with Gasteiger partial charge in [-0.05, 0) is 24.1 Å². The van der Waals surface area contributed by atoms with Crippen molar-refractivity contribution in [2.75, 3.05) is 0 Å². The second-order valence-electron chi connectivity index (χ2n) is 4.92. The highest BCUT2D eigenvalue weighted by Gasteiger charge is 2.27. The quantitative estimate of drug-likeness (QED) is 0.754. The predicted molar refractivity (Wildman–Crippen MR) is 81.5 cm³/mol. The van der Waals surface area contributed by atoms with Crippen LogP contribution in [0.2, 0.25) is 0 Å². The Morgan fingerprint density at radius 2 is 1.50 bits per heavy atom. The maximum absolute atomic E-state index is 12.2. The lowest BCUT2D eigenvalue weighted by molar-refractivity contribution is -0.148. The molecular weight excluding hydrogens is 282 g/mol. The molecule has 0 radical (unpaired) electrons. The number of hydrogen-bond donors (Lipinski definition) is 3. The Balaban J connectivity index is 2.14. The molecule has 2 aromatic carbocycles. The maximum atomic E-state index is 12.2. The first kappa shape index (κ1) is 15.7. The molecule has 0 spiro atoms. The van der Waals surface area contributed by atoms with Gasteiger partial charge in [0.05, 0.1) is 6.04 Å². The van der Waals surface area contributed by atoms with Crippen molar-refractivity contribution in [3.63, 3.8) is 0 Å². The summed E-state index contributed by atoms with van der Waals surface area (Å²) in [4.78, 5) is 23.2. The van der Waals surface area contributed by atoms with Crippen LogP contribution in [0, 0.1) is 0 Å². The molecule has 0 aromatic heterocycles. The molecule has 0 saturated carbocycles. The average Bonchev–Trinajstić information content (AvgIpc) is 2.55. The van der Waals surface area contributed by atoms with Gasteiger partial charge in [0, 0.05) is 5.56 Å². The summed E-state index contributed by atoms with van der Waals surface area (Å²) in [5, 5.41) is 21.4. The van der Waals surface area contributed by atoms with Crippen molar-refractivity contribution in [3.05, 3.63) is 71.8 Å². The van der Waals surface area contributed by atoms with Crippen LogP contribution in [0.25, 0.3) is 0 Å². The smallest absolute Gasteiger partial charge is 0.334 e. The van der Waals surface area contributed by atoms with Gasteiger partial charge in [0.1, 0.15) is 0 Å². The number of aliphatic hydroxyl groups is 1. The highest BCUT2D eigenvalue weighted by atomic mass is 16.4. The molecular formula is C17H17NO4. The van der Waals surface area contributed by atoms with Crippen LogP contribution in [-0.4, -0.2) is 34.2 Å². The molecule has 5 nitrogen and oxygen atoms in total. The zero-order chi connectivity index (χ0) is 15.9. The summed E-state index contributed by atoms with van der Waals surface area (Å²) in [7, 11) is 0. The monoisotopic (exact) mass is 299 g/mol. The number of amides is 1. The lowest BCUT2D eigenvalue weighted by Crippen LogP contribution is -2.48. The summed E-state index contributed by atoms with van der Waals surface area (Å²) in [6.07, 6.45) is -1.44. The third kappa shape index (κ3) is 4.17. The molecule has 0 heterocycles. The summed E-state index contributed by atoms with van der Waals surface area (Å²) in [5.74, 6) is -1.78. The number of aliphatic hydroxyl groups excluding tert-OH is 1. The highest BCUT2D eigenvalue weighted by Crippen LogP contribution is 2.08. The van der Waals surface area contributed by atoms with Gasteiger partial charge < -0.3 is 15.5 Å². The third-order valence-electron chi connectivity index (χ3n) is 3.29. The third-order valence-corrected chi connectivity index (χ3v) is 3.29. The van der Waals surface area contributed by atoms with Crippen LogP contribution in [0.1, 0.15) is 15.9 Å². The Kier molecular flexibility index (Phi) is 5.27. The summed E-state index contributed by atoms with van der Waals surface area (Å²) in [5.41, 5.74) is 1.25. The first-order chi connectivity index (χ1) is 10.6. The molecule has 0 fully saturated rings. The largest absolute Gasteiger partial charge is 0.479 e. The zero-order valence-electron chi connectivity index (χ0n) is 11.8. The zero-order valence-corrected chi connectivity index (χ0v) is 11.8. The van der Waals surface area contributed by atoms with Crippen LogP contribution in [-0.2, 0) is 11.2 Å². The van der Waals surface area contributed by atoms with Gasteiger partial charge in [-0.2, -0.15) is 0 Å². The Hall–Kier alpha value is -2.66. The van der Waals surface area contributed by atoms with Crippen molar-refractivity contribution in [1.29, 1.82) is 0 Å². The Bertz CT molecular complexity index is 628. The van der Waals surface area contributed by atoms with Gasteiger partial charge in [-0.1, -0.05) is 48.5 Å². The van der Waals surface area contributed by atoms with Gasteiger partial charge in [-0.3, -0.25) is 4.79 Å². The van der Waals surface area contributed by atoms with Crippen LogP contribution in [0.15, 0.2) is 60.7 Å². The number of benzene rings is 2. The molecule has 0 aliphatic rings. The summed E-state index contributed by atoms with van der Waals surface area (Å²) >= 11 is 0. The molecule has 3 N–H and O–H groups in total. The molecule has 22 heavy (non-hydrogen) atoms. The van der Waals surface area contributed by atoms with E-state index in [1.807, 2.05) is 30.3 Å². The molecule has 0 aliphatic carbocycles. The lowest BCUT2D eigenvalue weighted by Gasteiger charge is -2.21. The minimum atomic E-state index is -1.67. The fourth-order valence-electron chi connectivity index (χ4n) is 2.12. The van der Waals surface area contributed by atoms with Crippen LogP contribution in [0.5, 0.6) is 0 Å². The number of carbonyl (C=O) groups excluding carboxylic acids is 1. The van der Waals surface area contributed by atoms with E-state index in [4.69, 9.17) is 5.11 Å². The fraction of sp³-hybridized carbons (Fsp3) is 0.176. The topological polar surface area (TPSA) is 86.6 Å². The standard InChI is InChI=1S/C17H17NO4/c19-15(17(21)22)14(11-12-7-3-1-4-8-12)18-16(20)13-9-5-2-6-10-13/h1-10,14-15,19H,11H2,(H,18,20)(H,21,22)/t14-,15-/m0/s1. The van der Waals surface area contributed by atoms with Crippen molar-refractivity contribution >= 4 is 11.9 Å². The summed E-state index contributed by atoms with van der Waals surface area (Å²) < 4.78 is 0. The molecule has 2 atom stereocenters. The Morgan fingerprint density at radius 3 is 2.05 bits per heavy atom. The van der Waals surface area contributed by atoms with E-state index in [1.165, 1.54) is 0 Å². The van der Waals surface area contributed by atoms with E-state index in [0.717, 1.165) is 5.56 Å². The minimum absolute atomic E-state index is 0.229. The van der Waals surface area contributed by atoms with E-state index in [1.54, 1.807) is 30.3 Å². The van der Waals surface area contributed by atoms with Crippen molar-refractivity contribution in [2.45, 2.75) is 18.6 Å². The first-order valence-electron chi connectivity index (χ1n) is 6.88. The van der Waals surface area contributed by atoms with E-state index in [2.05, 4.69) is 5.32 Å². The molecule has 0 saturated heterocycles. The second-order valence-corrected chi connectivity index (χ2v) is 4.92. The van der Waals surface area contributed by atoms with Gasteiger partial charge in [0.15, 0.2) is 6.10 Å². The molecule has 5 heteroatoms. The van der Waals surface area contributed by atoms with Crippen LogP contribution < -0.4 is 5.32 Å². The lowest BCUT2D eigenvalue weighted by atomic mass is 10.0. The van der Waals surface area contributed by atoms with Crippen molar-refractivity contribution in [2.24, 2.45) is 0 Å². The number of aliphatic carboxylic acids is 1. The average molecular weight is 299 g/mol. The fourth-order valence-corrected chi connectivity index (χ4v) is 2.12. The van der Waals surface area contributed by atoms with Gasteiger partial charge in [0.2, 0.25) is 0 Å². The number of nitrogens with one attached hydrogen (secondary N) is 1. The maximum Gasteiger partial charge on any atom is 0.334 e. The summed E-state index contributed by atoms with van der Waals surface area (Å²) in [6.45, 7) is 0. The molecule has 0 bridgehead atoms. The molecule has 1 amide bonds. The van der Waals surface area contributed by atoms with Crippen LogP contribution in [0.4, 0.5) is 0 Å². The number of carbonyl (C=O) groups is 2. The number of carboxylic acids is 1. The van der Waals surface area contributed by atoms with Crippen molar-refractivity contribution in [3.8, 4) is 0 Å². The Labute approximate surface area is 128 Å². The van der Waals surface area contributed by atoms with E-state index in [9.17, 15) is 14.7 Å². The van der Waals surface area contributed by atoms with Gasteiger partial charge in [-0.15, -0.1) is 0 Å². The second kappa shape index (κ2) is 7.38. The van der Waals surface area contributed by atoms with Gasteiger partial charge in [0.25, 0.3) is 5.91 Å². The molecule has 114 valence electrons. The Morgan fingerprint density at radius 1 is 0.955 bits per heavy atom. The number of rotatable bonds is 6. The summed E-state index contributed by atoms with van der Waals surface area (Å²) in [6, 6.07) is 16.7. The van der Waals surface area contributed by atoms with E-state index in [-0.39, 0.29) is 6.42 Å². The van der Waals surface area contributed by atoms with E-state index >= 15 is 0 Å². The molecule has 0 aliphatic heterocycles. The number of carboxylic acid groups (broad SMARTS) is 1. The SMILES string of the molecule is O=C(N[C@@H](Cc1ccccc1)[C@H](O)C(=O)O)c1ccccc1. The van der Waals surface area contributed by atoms with Crippen molar-refractivity contribution < 1.29 is 19.8 Å². The molecule has 0 unspecified atom stereocenters. The van der Waals surface area contributed by atoms with Gasteiger partial charge in [-0.25, -0.2) is 4.79 Å². The van der Waals surface area contributed by atoms with Crippen LogP contribution in [0.3, 0.4) is 0 Å². The molecule has 2 rings (SSSR count). The first-order valence-corrected chi connectivity index (χ1v) is 6.88.